The third-order valence-corrected chi connectivity index (χ3v) is 2.58. The standard InChI is InChI=1S/C18H17N3/c1(2-4-6-8-10-18-20-15-16-21-18)3-5-7-9-17-11-13-19-14-12-17/h1-16H,(H,20,21)/p+1/b2-1+,5-3+,6-4+,9-7+,10-8+. The van der Waals surface area contributed by atoms with E-state index in [2.05, 4.69) is 21.0 Å². The molecule has 3 nitrogen and oxygen atoms in total. The molecule has 0 fully saturated rings. The maximum atomic E-state index is 4.09. The molecule has 0 bridgehead atoms. The monoisotopic (exact) mass is 276 g/mol. The average molecular weight is 276 g/mol. The van der Waals surface area contributed by atoms with Crippen LogP contribution >= 0.6 is 0 Å². The Bertz CT molecular complexity index is 645. The molecule has 2 aromatic heterocycles. The van der Waals surface area contributed by atoms with E-state index in [1.807, 2.05) is 79.2 Å². The van der Waals surface area contributed by atoms with E-state index in [1.54, 1.807) is 12.4 Å². The number of allylic oxidation sites excluding steroid dienone is 8. The highest BCUT2D eigenvalue weighted by atomic mass is 14.9. The van der Waals surface area contributed by atoms with Crippen LogP contribution in [0, 0.1) is 0 Å². The van der Waals surface area contributed by atoms with Crippen LogP contribution in [0.1, 0.15) is 11.4 Å². The summed E-state index contributed by atoms with van der Waals surface area (Å²) in [5, 5.41) is 0. The van der Waals surface area contributed by atoms with Crippen molar-refractivity contribution in [3.63, 3.8) is 0 Å². The molecule has 104 valence electrons. The highest BCUT2D eigenvalue weighted by Crippen LogP contribution is 1.97. The maximum Gasteiger partial charge on any atom is 0.167 e. The van der Waals surface area contributed by atoms with Crippen LogP contribution in [0.2, 0.25) is 0 Å². The van der Waals surface area contributed by atoms with Crippen molar-refractivity contribution in [2.24, 2.45) is 0 Å². The van der Waals surface area contributed by atoms with Gasteiger partial charge in [0, 0.05) is 24.5 Å². The Balaban J connectivity index is 1.70. The quantitative estimate of drug-likeness (QED) is 0.804. The molecule has 0 aliphatic rings. The van der Waals surface area contributed by atoms with Crippen molar-refractivity contribution in [2.75, 3.05) is 0 Å². The number of aromatic amines is 2. The van der Waals surface area contributed by atoms with E-state index in [4.69, 9.17) is 0 Å². The highest BCUT2D eigenvalue weighted by molar-refractivity contribution is 5.49. The Hall–Kier alpha value is -2.94. The van der Waals surface area contributed by atoms with E-state index < -0.39 is 0 Å². The molecule has 2 rings (SSSR count). The van der Waals surface area contributed by atoms with Crippen molar-refractivity contribution in [3.05, 3.63) is 96.9 Å². The molecule has 2 heterocycles. The zero-order valence-corrected chi connectivity index (χ0v) is 11.7. The molecule has 2 N–H and O–H groups in total. The molecule has 0 saturated carbocycles. The average Bonchev–Trinajstić information content (AvgIpc) is 3.03. The van der Waals surface area contributed by atoms with E-state index in [9.17, 15) is 0 Å². The number of nitrogens with one attached hydrogen (secondary N) is 2. The van der Waals surface area contributed by atoms with E-state index in [1.165, 1.54) is 5.56 Å². The summed E-state index contributed by atoms with van der Waals surface area (Å²) >= 11 is 0. The molecule has 2 aromatic rings. The van der Waals surface area contributed by atoms with Gasteiger partial charge in [0.15, 0.2) is 12.4 Å². The second-order valence-corrected chi connectivity index (χ2v) is 4.18. The summed E-state index contributed by atoms with van der Waals surface area (Å²) in [6.07, 6.45) is 27.2. The van der Waals surface area contributed by atoms with Crippen LogP contribution in [0.4, 0.5) is 0 Å². The van der Waals surface area contributed by atoms with Crippen molar-refractivity contribution >= 4 is 12.2 Å². The van der Waals surface area contributed by atoms with Crippen LogP contribution in [-0.4, -0.2) is 9.97 Å². The van der Waals surface area contributed by atoms with Gasteiger partial charge in [-0.2, -0.15) is 0 Å². The lowest BCUT2D eigenvalue weighted by Gasteiger charge is -1.84. The molecule has 0 aromatic carbocycles. The highest BCUT2D eigenvalue weighted by Gasteiger charge is 1.84. The molecule has 0 amide bonds. The van der Waals surface area contributed by atoms with Crippen LogP contribution in [0.25, 0.3) is 12.2 Å². The summed E-state index contributed by atoms with van der Waals surface area (Å²) in [5.74, 6) is 0.854. The summed E-state index contributed by atoms with van der Waals surface area (Å²) < 4.78 is 0. The lowest BCUT2D eigenvalue weighted by Crippen LogP contribution is -1.96. The smallest absolute Gasteiger partial charge is 0.167 e. The van der Waals surface area contributed by atoms with Crippen molar-refractivity contribution in [2.45, 2.75) is 0 Å². The first-order chi connectivity index (χ1) is 10.4. The summed E-state index contributed by atoms with van der Waals surface area (Å²) in [7, 11) is 0. The van der Waals surface area contributed by atoms with E-state index in [0.717, 1.165) is 5.82 Å². The molecule has 0 unspecified atom stereocenters. The van der Waals surface area contributed by atoms with E-state index in [-0.39, 0.29) is 0 Å². The van der Waals surface area contributed by atoms with Crippen LogP contribution < -0.4 is 4.98 Å². The largest absolute Gasteiger partial charge is 0.345 e. The van der Waals surface area contributed by atoms with Crippen molar-refractivity contribution in [1.29, 1.82) is 0 Å². The van der Waals surface area contributed by atoms with Gasteiger partial charge in [0.05, 0.1) is 0 Å². The molecule has 21 heavy (non-hydrogen) atoms. The topological polar surface area (TPSA) is 42.8 Å². The SMILES string of the molecule is C(=C\C=C\C=C\c1ncc[nH]1)/C=C/C=C/c1cc[nH+]cc1. The van der Waals surface area contributed by atoms with Gasteiger partial charge >= 0.3 is 0 Å². The molecule has 0 aliphatic heterocycles. The fraction of sp³-hybridized carbons (Fsp3) is 0. The Labute approximate surface area is 124 Å². The molecule has 3 heteroatoms. The first-order valence-corrected chi connectivity index (χ1v) is 6.75. The number of imidazole rings is 1. The second kappa shape index (κ2) is 9.04. The van der Waals surface area contributed by atoms with Crippen molar-refractivity contribution < 1.29 is 4.98 Å². The molecule has 0 radical (unpaired) electrons. The first-order valence-electron chi connectivity index (χ1n) is 6.75. The Morgan fingerprint density at radius 2 is 1.43 bits per heavy atom. The van der Waals surface area contributed by atoms with E-state index >= 15 is 0 Å². The van der Waals surface area contributed by atoms with Crippen molar-refractivity contribution in [3.8, 4) is 0 Å². The summed E-state index contributed by atoms with van der Waals surface area (Å²) in [5.41, 5.74) is 1.17. The van der Waals surface area contributed by atoms with Crippen LogP contribution in [0.5, 0.6) is 0 Å². The number of pyridine rings is 1. The number of rotatable bonds is 6. The predicted molar refractivity (Wildman–Crippen MR) is 87.1 cm³/mol. The van der Waals surface area contributed by atoms with Gasteiger partial charge < -0.3 is 4.98 Å². The second-order valence-electron chi connectivity index (χ2n) is 4.18. The Morgan fingerprint density at radius 1 is 0.810 bits per heavy atom. The van der Waals surface area contributed by atoms with Crippen molar-refractivity contribution in [1.82, 2.24) is 9.97 Å². The zero-order chi connectivity index (χ0) is 14.6. The van der Waals surface area contributed by atoms with Gasteiger partial charge in [-0.25, -0.2) is 9.97 Å². The molecule has 0 saturated heterocycles. The number of hydrogen-bond acceptors (Lipinski definition) is 1. The fourth-order valence-electron chi connectivity index (χ4n) is 1.58. The lowest BCUT2D eigenvalue weighted by atomic mass is 10.2. The third kappa shape index (κ3) is 6.16. The Kier molecular flexibility index (Phi) is 6.23. The molecular formula is C18H18N3+. The summed E-state index contributed by atoms with van der Waals surface area (Å²) in [6, 6.07) is 4.04. The van der Waals surface area contributed by atoms with Gasteiger partial charge in [0.25, 0.3) is 0 Å². The maximum absolute atomic E-state index is 4.09. The summed E-state index contributed by atoms with van der Waals surface area (Å²) in [4.78, 5) is 10.1. The number of H-pyrrole nitrogens is 2. The van der Waals surface area contributed by atoms with Crippen LogP contribution in [0.3, 0.4) is 0 Å². The van der Waals surface area contributed by atoms with Crippen LogP contribution in [0.15, 0.2) is 85.5 Å². The van der Waals surface area contributed by atoms with Gasteiger partial charge in [-0.1, -0.05) is 54.7 Å². The van der Waals surface area contributed by atoms with E-state index in [0.29, 0.717) is 0 Å². The molecular weight excluding hydrogens is 258 g/mol. The fourth-order valence-corrected chi connectivity index (χ4v) is 1.58. The van der Waals surface area contributed by atoms with Gasteiger partial charge in [-0.05, 0) is 11.6 Å². The van der Waals surface area contributed by atoms with Crippen LogP contribution in [-0.2, 0) is 0 Å². The zero-order valence-electron chi connectivity index (χ0n) is 11.7. The van der Waals surface area contributed by atoms with Gasteiger partial charge in [-0.15, -0.1) is 0 Å². The lowest BCUT2D eigenvalue weighted by molar-refractivity contribution is -0.378. The minimum atomic E-state index is 0.854. The third-order valence-electron chi connectivity index (χ3n) is 2.58. The molecule has 0 atom stereocenters. The number of aromatic nitrogens is 3. The minimum Gasteiger partial charge on any atom is -0.345 e. The number of nitrogens with zero attached hydrogens (tertiary/aromatic N) is 1. The summed E-state index contributed by atoms with van der Waals surface area (Å²) in [6.45, 7) is 0. The normalized spacial score (nSPS) is 12.8. The predicted octanol–water partition coefficient (Wildman–Crippen LogP) is 3.62. The number of hydrogen-bond donors (Lipinski definition) is 1. The Morgan fingerprint density at radius 3 is 2.05 bits per heavy atom. The first kappa shape index (κ1) is 14.5. The van der Waals surface area contributed by atoms with Gasteiger partial charge in [0.1, 0.15) is 5.82 Å². The van der Waals surface area contributed by atoms with Gasteiger partial charge in [0.2, 0.25) is 0 Å². The molecule has 0 aliphatic carbocycles. The minimum absolute atomic E-state index is 0.854. The molecule has 0 spiro atoms. The van der Waals surface area contributed by atoms with Gasteiger partial charge in [-0.3, -0.25) is 0 Å².